The van der Waals surface area contributed by atoms with Gasteiger partial charge in [0.25, 0.3) is 0 Å². The van der Waals surface area contributed by atoms with Gasteiger partial charge >= 0.3 is 0 Å². The number of ether oxygens (including phenoxy) is 1. The van der Waals surface area contributed by atoms with E-state index in [9.17, 15) is 0 Å². The number of benzene rings is 1. The molecule has 1 N–H and O–H groups in total. The lowest BCUT2D eigenvalue weighted by Crippen LogP contribution is -2.25. The van der Waals surface area contributed by atoms with Crippen LogP contribution in [-0.2, 0) is 0 Å². The van der Waals surface area contributed by atoms with Crippen molar-refractivity contribution in [2.45, 2.75) is 32.6 Å². The standard InChI is InChI=1S/C20H27N7O/c1-2-28-17-10-4-3-9-16(17)15-21-25-18-22-19(26-11-5-6-12-26)24-20(23-18)27-13-7-8-14-27/h3-4,9-10,15H,2,5-8,11-14H2,1H3,(H,22,23,24,25). The zero-order valence-corrected chi connectivity index (χ0v) is 16.3. The van der Waals surface area contributed by atoms with Crippen LogP contribution in [0.1, 0.15) is 38.2 Å². The molecule has 28 heavy (non-hydrogen) atoms. The first-order valence-corrected chi connectivity index (χ1v) is 10.1. The fourth-order valence-electron chi connectivity index (χ4n) is 3.55. The molecule has 8 nitrogen and oxygen atoms in total. The molecule has 8 heteroatoms. The molecule has 0 spiro atoms. The zero-order chi connectivity index (χ0) is 19.2. The van der Waals surface area contributed by atoms with Crippen molar-refractivity contribution in [2.24, 2.45) is 5.10 Å². The van der Waals surface area contributed by atoms with Crippen LogP contribution in [0.3, 0.4) is 0 Å². The Labute approximate surface area is 165 Å². The van der Waals surface area contributed by atoms with Crippen LogP contribution in [0, 0.1) is 0 Å². The van der Waals surface area contributed by atoms with Gasteiger partial charge in [-0.05, 0) is 44.7 Å². The number of nitrogens with one attached hydrogen (secondary N) is 1. The number of anilines is 3. The predicted molar refractivity (Wildman–Crippen MR) is 112 cm³/mol. The van der Waals surface area contributed by atoms with Crippen LogP contribution in [0.2, 0.25) is 0 Å². The molecule has 0 saturated carbocycles. The quantitative estimate of drug-likeness (QED) is 0.583. The summed E-state index contributed by atoms with van der Waals surface area (Å²) in [6.07, 6.45) is 6.46. The first-order chi connectivity index (χ1) is 13.8. The number of hydrogen-bond donors (Lipinski definition) is 1. The second-order valence-corrected chi connectivity index (χ2v) is 6.99. The van der Waals surface area contributed by atoms with Crippen LogP contribution < -0.4 is 20.0 Å². The fourth-order valence-corrected chi connectivity index (χ4v) is 3.55. The average Bonchev–Trinajstić information content (AvgIpc) is 3.44. The fraction of sp³-hybridized carbons (Fsp3) is 0.500. The number of hydrogen-bond acceptors (Lipinski definition) is 8. The molecule has 0 aliphatic carbocycles. The predicted octanol–water partition coefficient (Wildman–Crippen LogP) is 2.92. The smallest absolute Gasteiger partial charge is 0.250 e. The summed E-state index contributed by atoms with van der Waals surface area (Å²) in [6.45, 7) is 6.56. The Morgan fingerprint density at radius 1 is 0.964 bits per heavy atom. The van der Waals surface area contributed by atoms with E-state index in [2.05, 4.69) is 30.3 Å². The topological polar surface area (TPSA) is 78.8 Å². The summed E-state index contributed by atoms with van der Waals surface area (Å²) in [6, 6.07) is 7.82. The molecule has 0 radical (unpaired) electrons. The minimum Gasteiger partial charge on any atom is -0.493 e. The number of nitrogens with zero attached hydrogens (tertiary/aromatic N) is 6. The minimum atomic E-state index is 0.476. The van der Waals surface area contributed by atoms with Gasteiger partial charge in [0.1, 0.15) is 5.75 Å². The van der Waals surface area contributed by atoms with Gasteiger partial charge in [-0.15, -0.1) is 0 Å². The summed E-state index contributed by atoms with van der Waals surface area (Å²) in [5.74, 6) is 2.76. The lowest BCUT2D eigenvalue weighted by atomic mass is 10.2. The van der Waals surface area contributed by atoms with Gasteiger partial charge in [0, 0.05) is 31.7 Å². The average molecular weight is 381 g/mol. The third kappa shape index (κ3) is 4.32. The van der Waals surface area contributed by atoms with E-state index in [0.717, 1.165) is 49.4 Å². The van der Waals surface area contributed by atoms with E-state index in [4.69, 9.17) is 9.72 Å². The second-order valence-electron chi connectivity index (χ2n) is 6.99. The van der Waals surface area contributed by atoms with E-state index in [1.54, 1.807) is 6.21 Å². The molecular formula is C20H27N7O. The Morgan fingerprint density at radius 2 is 1.57 bits per heavy atom. The normalized spacial score (nSPS) is 16.9. The lowest BCUT2D eigenvalue weighted by Gasteiger charge is -2.20. The van der Waals surface area contributed by atoms with E-state index in [0.29, 0.717) is 12.6 Å². The van der Waals surface area contributed by atoms with E-state index in [-0.39, 0.29) is 0 Å². The van der Waals surface area contributed by atoms with Crippen molar-refractivity contribution >= 4 is 24.1 Å². The monoisotopic (exact) mass is 381 g/mol. The molecular weight excluding hydrogens is 354 g/mol. The maximum absolute atomic E-state index is 5.64. The summed E-state index contributed by atoms with van der Waals surface area (Å²) in [5.41, 5.74) is 3.90. The number of hydrazone groups is 1. The molecule has 2 aromatic rings. The molecule has 3 heterocycles. The first kappa shape index (κ1) is 18.5. The molecule has 2 aliphatic rings. The lowest BCUT2D eigenvalue weighted by molar-refractivity contribution is 0.340. The van der Waals surface area contributed by atoms with E-state index < -0.39 is 0 Å². The van der Waals surface area contributed by atoms with Crippen molar-refractivity contribution in [3.05, 3.63) is 29.8 Å². The third-order valence-electron chi connectivity index (χ3n) is 4.98. The summed E-state index contributed by atoms with van der Waals surface area (Å²) < 4.78 is 5.64. The Morgan fingerprint density at radius 3 is 2.18 bits per heavy atom. The highest BCUT2D eigenvalue weighted by molar-refractivity contribution is 5.83. The van der Waals surface area contributed by atoms with Gasteiger partial charge in [0.2, 0.25) is 17.8 Å². The van der Waals surface area contributed by atoms with Crippen molar-refractivity contribution < 1.29 is 4.74 Å². The molecule has 1 aromatic heterocycles. The molecule has 0 amide bonds. The molecule has 0 bridgehead atoms. The van der Waals surface area contributed by atoms with E-state index >= 15 is 0 Å². The van der Waals surface area contributed by atoms with E-state index in [1.165, 1.54) is 25.7 Å². The van der Waals surface area contributed by atoms with Gasteiger partial charge in [0.05, 0.1) is 12.8 Å². The maximum atomic E-state index is 5.64. The second kappa shape index (κ2) is 8.86. The maximum Gasteiger partial charge on any atom is 0.250 e. The molecule has 148 valence electrons. The Kier molecular flexibility index (Phi) is 5.84. The van der Waals surface area contributed by atoms with Crippen LogP contribution in [0.25, 0.3) is 0 Å². The molecule has 2 aliphatic heterocycles. The Bertz CT molecular complexity index is 780. The van der Waals surface area contributed by atoms with Gasteiger partial charge in [0.15, 0.2) is 0 Å². The van der Waals surface area contributed by atoms with Crippen LogP contribution >= 0.6 is 0 Å². The number of rotatable bonds is 7. The minimum absolute atomic E-state index is 0.476. The number of aromatic nitrogens is 3. The highest BCUT2D eigenvalue weighted by Crippen LogP contribution is 2.23. The summed E-state index contributed by atoms with van der Waals surface area (Å²) in [5, 5.41) is 4.35. The largest absolute Gasteiger partial charge is 0.493 e. The highest BCUT2D eigenvalue weighted by Gasteiger charge is 2.21. The molecule has 2 fully saturated rings. The van der Waals surface area contributed by atoms with Crippen molar-refractivity contribution in [3.8, 4) is 5.75 Å². The molecule has 0 atom stereocenters. The highest BCUT2D eigenvalue weighted by atomic mass is 16.5. The van der Waals surface area contributed by atoms with Gasteiger partial charge in [-0.3, -0.25) is 0 Å². The van der Waals surface area contributed by atoms with E-state index in [1.807, 2.05) is 31.2 Å². The van der Waals surface area contributed by atoms with Crippen molar-refractivity contribution in [1.29, 1.82) is 0 Å². The summed E-state index contributed by atoms with van der Waals surface area (Å²) in [4.78, 5) is 18.4. The Hall–Kier alpha value is -2.90. The van der Waals surface area contributed by atoms with Crippen LogP contribution in [-0.4, -0.2) is 54.0 Å². The van der Waals surface area contributed by atoms with Crippen LogP contribution in [0.15, 0.2) is 29.4 Å². The van der Waals surface area contributed by atoms with Crippen molar-refractivity contribution in [3.63, 3.8) is 0 Å². The molecule has 0 unspecified atom stereocenters. The Balaban J connectivity index is 1.54. The first-order valence-electron chi connectivity index (χ1n) is 10.1. The molecule has 4 rings (SSSR count). The van der Waals surface area contributed by atoms with Crippen LogP contribution in [0.5, 0.6) is 5.75 Å². The molecule has 2 saturated heterocycles. The van der Waals surface area contributed by atoms with Crippen LogP contribution in [0.4, 0.5) is 17.8 Å². The van der Waals surface area contributed by atoms with Gasteiger partial charge < -0.3 is 14.5 Å². The number of para-hydroxylation sites is 1. The summed E-state index contributed by atoms with van der Waals surface area (Å²) in [7, 11) is 0. The summed E-state index contributed by atoms with van der Waals surface area (Å²) >= 11 is 0. The van der Waals surface area contributed by atoms with Gasteiger partial charge in [-0.1, -0.05) is 12.1 Å². The van der Waals surface area contributed by atoms with Gasteiger partial charge in [-0.2, -0.15) is 20.1 Å². The van der Waals surface area contributed by atoms with Crippen molar-refractivity contribution in [1.82, 2.24) is 15.0 Å². The zero-order valence-electron chi connectivity index (χ0n) is 16.3. The third-order valence-corrected chi connectivity index (χ3v) is 4.98. The SMILES string of the molecule is CCOc1ccccc1C=NNc1nc(N2CCCC2)nc(N2CCCC2)n1. The molecule has 1 aromatic carbocycles. The van der Waals surface area contributed by atoms with Gasteiger partial charge in [-0.25, -0.2) is 5.43 Å². The van der Waals surface area contributed by atoms with Crippen molar-refractivity contribution in [2.75, 3.05) is 48.0 Å².